The molecule has 58 heavy (non-hydrogen) atoms. The Morgan fingerprint density at radius 1 is 0.776 bits per heavy atom. The number of hydrogen-bond donors (Lipinski definition) is 4. The predicted molar refractivity (Wildman–Crippen MR) is 216 cm³/mol. The molecule has 0 bridgehead atoms. The molecular weight excluding hydrogens is 743 g/mol. The number of ether oxygens (including phenoxy) is 3. The highest BCUT2D eigenvalue weighted by atomic mass is 16.5. The number of aromatic nitrogens is 5. The van der Waals surface area contributed by atoms with Crippen molar-refractivity contribution in [2.45, 2.75) is 83.1 Å². The Morgan fingerprint density at radius 2 is 1.38 bits per heavy atom. The predicted octanol–water partition coefficient (Wildman–Crippen LogP) is 6.03. The Bertz CT molecular complexity index is 2310. The Labute approximate surface area is 336 Å². The highest BCUT2D eigenvalue weighted by molar-refractivity contribution is 5.91. The average molecular weight is 794 g/mol. The molecule has 2 saturated heterocycles. The number of pyridine rings is 1. The van der Waals surface area contributed by atoms with E-state index in [4.69, 9.17) is 29.2 Å². The minimum atomic E-state index is -0.904. The number of methoxy groups -OCH3 is 3. The van der Waals surface area contributed by atoms with Crippen molar-refractivity contribution < 1.29 is 33.4 Å². The second-order valence-corrected chi connectivity index (χ2v) is 15.1. The van der Waals surface area contributed by atoms with Gasteiger partial charge in [-0.3, -0.25) is 9.59 Å². The first kappa shape index (κ1) is 40.2. The van der Waals surface area contributed by atoms with Crippen molar-refractivity contribution in [3.8, 4) is 22.5 Å². The monoisotopic (exact) mass is 793 g/mol. The maximum Gasteiger partial charge on any atom is 0.407 e. The van der Waals surface area contributed by atoms with Crippen molar-refractivity contribution in [1.29, 1.82) is 0 Å². The van der Waals surface area contributed by atoms with E-state index in [2.05, 4.69) is 44.9 Å². The van der Waals surface area contributed by atoms with E-state index in [1.54, 1.807) is 18.0 Å². The number of imidazole rings is 2. The van der Waals surface area contributed by atoms with Crippen LogP contribution < -0.4 is 10.6 Å². The number of nitrogens with zero attached hydrogens (tertiary/aromatic N) is 5. The molecule has 5 heterocycles. The molecule has 5 aromatic rings. The minimum absolute atomic E-state index is 0.0737. The third-order valence-corrected chi connectivity index (χ3v) is 11.6. The Balaban J connectivity index is 1.07. The molecule has 0 spiro atoms. The van der Waals surface area contributed by atoms with Crippen LogP contribution in [0, 0.1) is 5.92 Å². The first-order valence-corrected chi connectivity index (χ1v) is 19.8. The molecule has 0 aliphatic carbocycles. The smallest absolute Gasteiger partial charge is 0.407 e. The van der Waals surface area contributed by atoms with Crippen LogP contribution in [0.2, 0.25) is 0 Å². The van der Waals surface area contributed by atoms with Crippen molar-refractivity contribution >= 4 is 45.9 Å². The van der Waals surface area contributed by atoms with E-state index >= 15 is 0 Å². The molecule has 7 rings (SSSR count). The summed E-state index contributed by atoms with van der Waals surface area (Å²) in [5.41, 5.74) is 4.85. The van der Waals surface area contributed by atoms with Crippen LogP contribution >= 0.6 is 0 Å². The van der Waals surface area contributed by atoms with Crippen LogP contribution in [0.15, 0.2) is 54.7 Å². The molecule has 4 amide bonds. The zero-order valence-corrected chi connectivity index (χ0v) is 33.7. The van der Waals surface area contributed by atoms with Gasteiger partial charge in [0.15, 0.2) is 5.65 Å². The topological polar surface area (TPSA) is 197 Å². The molecule has 16 heteroatoms. The van der Waals surface area contributed by atoms with Gasteiger partial charge in [-0.1, -0.05) is 44.5 Å². The third-order valence-electron chi connectivity index (χ3n) is 11.6. The first-order valence-electron chi connectivity index (χ1n) is 19.8. The summed E-state index contributed by atoms with van der Waals surface area (Å²) in [6.45, 7) is 6.78. The summed E-state index contributed by atoms with van der Waals surface area (Å²) in [4.78, 5) is 76.5. The van der Waals surface area contributed by atoms with E-state index in [9.17, 15) is 19.2 Å². The lowest BCUT2D eigenvalue weighted by Gasteiger charge is -2.30. The van der Waals surface area contributed by atoms with Gasteiger partial charge >= 0.3 is 12.2 Å². The van der Waals surface area contributed by atoms with Gasteiger partial charge in [-0.25, -0.2) is 24.5 Å². The van der Waals surface area contributed by atoms with Gasteiger partial charge in [-0.05, 0) is 73.6 Å². The van der Waals surface area contributed by atoms with Crippen molar-refractivity contribution in [2.75, 3.05) is 34.4 Å². The third kappa shape index (κ3) is 8.05. The van der Waals surface area contributed by atoms with Gasteiger partial charge in [0.05, 0.1) is 50.0 Å². The molecule has 6 atom stereocenters. The van der Waals surface area contributed by atoms with Crippen LogP contribution in [0.3, 0.4) is 0 Å². The SMILES string of the molecule is CC[C@H](C)[C@H](NC(=O)OC)C(=O)N1CCC[C@H]1c1nc2ccc(-c3ccc4cc(-c5cnc([C@@H]6CCCN6C(=O)[C@@H](NC(=O)OC)[C@@H](C)OC)[nH]5)ccc4c3)nc2[nH]1. The number of nitrogens with one attached hydrogen (secondary N) is 4. The van der Waals surface area contributed by atoms with Crippen molar-refractivity contribution in [3.63, 3.8) is 0 Å². The number of benzene rings is 2. The average Bonchev–Trinajstić information content (AvgIpc) is 4.09. The number of carbonyl (C=O) groups is 4. The summed E-state index contributed by atoms with van der Waals surface area (Å²) in [5.74, 6) is 0.883. The van der Waals surface area contributed by atoms with Crippen molar-refractivity contribution in [1.82, 2.24) is 45.4 Å². The fourth-order valence-electron chi connectivity index (χ4n) is 8.01. The highest BCUT2D eigenvalue weighted by Gasteiger charge is 2.40. The molecule has 4 N–H and O–H groups in total. The van der Waals surface area contributed by atoms with E-state index in [1.807, 2.05) is 43.0 Å². The van der Waals surface area contributed by atoms with Crippen LogP contribution in [0.1, 0.15) is 76.6 Å². The number of alkyl carbamates (subject to hydrolysis) is 2. The quantitative estimate of drug-likeness (QED) is 0.116. The summed E-state index contributed by atoms with van der Waals surface area (Å²) in [6, 6.07) is 14.2. The number of carbonyl (C=O) groups excluding carboxylic acids is 4. The molecule has 16 nitrogen and oxygen atoms in total. The number of H-pyrrole nitrogens is 2. The van der Waals surface area contributed by atoms with Crippen LogP contribution in [0.25, 0.3) is 44.5 Å². The highest BCUT2D eigenvalue weighted by Crippen LogP contribution is 2.35. The van der Waals surface area contributed by atoms with Crippen LogP contribution in [0.4, 0.5) is 9.59 Å². The molecular formula is C42H51N9O7. The van der Waals surface area contributed by atoms with E-state index in [1.165, 1.54) is 21.3 Å². The molecule has 0 saturated carbocycles. The number of hydrogen-bond acceptors (Lipinski definition) is 10. The molecule has 2 aliphatic heterocycles. The van der Waals surface area contributed by atoms with Crippen LogP contribution in [0.5, 0.6) is 0 Å². The molecule has 2 aromatic carbocycles. The van der Waals surface area contributed by atoms with Crippen LogP contribution in [-0.4, -0.2) is 111 Å². The zero-order valence-electron chi connectivity index (χ0n) is 33.7. The minimum Gasteiger partial charge on any atom is -0.453 e. The fourth-order valence-corrected chi connectivity index (χ4v) is 8.01. The van der Waals surface area contributed by atoms with Gasteiger partial charge < -0.3 is 44.6 Å². The Hall–Kier alpha value is -6.03. The number of likely N-dealkylation sites (tertiary alicyclic amines) is 2. The van der Waals surface area contributed by atoms with E-state index in [0.29, 0.717) is 35.9 Å². The number of aromatic amines is 2. The normalized spacial score (nSPS) is 18.9. The second kappa shape index (κ2) is 17.2. The molecule has 2 aliphatic rings. The molecule has 306 valence electrons. The number of fused-ring (bicyclic) bond motifs is 2. The standard InChI is InChI=1S/C42H51N9O7/c1-7-23(2)34(47-41(54)57-5)39(52)51-19-9-11-33(51)38-45-30-17-16-29(44-36(30)49-38)27-14-12-26-21-28(15-13-25(26)20-27)31-22-43-37(46-31)32-10-8-18-50(32)40(53)35(24(3)56-4)48-42(55)58-6/h12-17,20-24,32-35H,7-11,18-19H2,1-6H3,(H,43,46)(H,47,54)(H,48,55)(H,44,45,49)/t23-,24+,32-,33-,34-,35-/m0/s1. The van der Waals surface area contributed by atoms with Gasteiger partial charge in [0, 0.05) is 31.3 Å². The lowest BCUT2D eigenvalue weighted by molar-refractivity contribution is -0.137. The molecule has 2 fully saturated rings. The van der Waals surface area contributed by atoms with E-state index < -0.39 is 30.4 Å². The maximum atomic E-state index is 13.8. The van der Waals surface area contributed by atoms with Crippen molar-refractivity contribution in [3.05, 3.63) is 66.4 Å². The van der Waals surface area contributed by atoms with Gasteiger partial charge in [0.1, 0.15) is 29.2 Å². The van der Waals surface area contributed by atoms with Crippen LogP contribution in [-0.2, 0) is 23.8 Å². The van der Waals surface area contributed by atoms with E-state index in [0.717, 1.165) is 65.4 Å². The molecule has 0 unspecified atom stereocenters. The summed E-state index contributed by atoms with van der Waals surface area (Å²) < 4.78 is 15.0. The lowest BCUT2D eigenvalue weighted by atomic mass is 9.97. The zero-order chi connectivity index (χ0) is 41.1. The maximum absolute atomic E-state index is 13.8. The summed E-state index contributed by atoms with van der Waals surface area (Å²) >= 11 is 0. The Kier molecular flexibility index (Phi) is 11.9. The first-order chi connectivity index (χ1) is 28.0. The summed E-state index contributed by atoms with van der Waals surface area (Å²) in [7, 11) is 4.05. The van der Waals surface area contributed by atoms with Gasteiger partial charge in [-0.2, -0.15) is 0 Å². The molecule has 3 aromatic heterocycles. The summed E-state index contributed by atoms with van der Waals surface area (Å²) in [5, 5.41) is 7.44. The lowest BCUT2D eigenvalue weighted by Crippen LogP contribution is -2.54. The number of amides is 4. The van der Waals surface area contributed by atoms with Gasteiger partial charge in [0.25, 0.3) is 0 Å². The molecule has 0 radical (unpaired) electrons. The fraction of sp³-hybridized carbons (Fsp3) is 0.452. The Morgan fingerprint density at radius 3 is 2.02 bits per heavy atom. The number of rotatable bonds is 12. The largest absolute Gasteiger partial charge is 0.453 e. The second-order valence-electron chi connectivity index (χ2n) is 15.1. The van der Waals surface area contributed by atoms with Gasteiger partial charge in [-0.15, -0.1) is 0 Å². The van der Waals surface area contributed by atoms with E-state index in [-0.39, 0.29) is 29.8 Å². The summed E-state index contributed by atoms with van der Waals surface area (Å²) in [6.07, 6.45) is 3.73. The van der Waals surface area contributed by atoms with Gasteiger partial charge in [0.2, 0.25) is 11.8 Å². The van der Waals surface area contributed by atoms with Crippen molar-refractivity contribution in [2.24, 2.45) is 5.92 Å².